The third kappa shape index (κ3) is 1.87. The van der Waals surface area contributed by atoms with Crippen LogP contribution in [-0.2, 0) is 4.79 Å². The second-order valence-electron chi connectivity index (χ2n) is 4.61. The summed E-state index contributed by atoms with van der Waals surface area (Å²) in [5.74, 6) is 0.134. The molecule has 1 N–H and O–H groups in total. The Morgan fingerprint density at radius 1 is 1.31 bits per heavy atom. The van der Waals surface area contributed by atoms with Crippen molar-refractivity contribution in [2.45, 2.75) is 26.8 Å². The number of hydrogen-bond donors (Lipinski definition) is 1. The standard InChI is InChI=1S/C14H17NO/c1-9(2)14(16)15-13-10(3)8-11-6-4-5-7-12(11)13/h4-9,13H,1-3H3,(H,15,16). The van der Waals surface area contributed by atoms with Gasteiger partial charge in [0.25, 0.3) is 0 Å². The minimum absolute atomic E-state index is 0.0283. The van der Waals surface area contributed by atoms with Crippen molar-refractivity contribution in [3.63, 3.8) is 0 Å². The van der Waals surface area contributed by atoms with Crippen molar-refractivity contribution in [3.8, 4) is 0 Å². The van der Waals surface area contributed by atoms with E-state index in [1.807, 2.05) is 26.0 Å². The molecule has 1 aromatic carbocycles. The molecule has 0 spiro atoms. The first-order chi connectivity index (χ1) is 7.59. The fraction of sp³-hybridized carbons (Fsp3) is 0.357. The number of hydrogen-bond acceptors (Lipinski definition) is 1. The van der Waals surface area contributed by atoms with Gasteiger partial charge in [-0.25, -0.2) is 0 Å². The van der Waals surface area contributed by atoms with Gasteiger partial charge in [-0.1, -0.05) is 44.2 Å². The molecule has 1 unspecified atom stereocenters. The van der Waals surface area contributed by atoms with Gasteiger partial charge in [0.2, 0.25) is 5.91 Å². The number of amides is 1. The van der Waals surface area contributed by atoms with E-state index in [9.17, 15) is 4.79 Å². The number of benzene rings is 1. The molecule has 1 aromatic rings. The molecular formula is C14H17NO. The van der Waals surface area contributed by atoms with E-state index >= 15 is 0 Å². The highest BCUT2D eigenvalue weighted by atomic mass is 16.1. The summed E-state index contributed by atoms with van der Waals surface area (Å²) in [5, 5.41) is 3.08. The average Bonchev–Trinajstić information content (AvgIpc) is 2.55. The second-order valence-corrected chi connectivity index (χ2v) is 4.61. The van der Waals surface area contributed by atoms with Crippen LogP contribution in [0.1, 0.15) is 37.9 Å². The van der Waals surface area contributed by atoms with Gasteiger partial charge in [-0.2, -0.15) is 0 Å². The molecule has 0 aromatic heterocycles. The maximum absolute atomic E-state index is 11.7. The van der Waals surface area contributed by atoms with Crippen molar-refractivity contribution in [1.82, 2.24) is 5.32 Å². The maximum Gasteiger partial charge on any atom is 0.223 e. The zero-order valence-corrected chi connectivity index (χ0v) is 9.95. The topological polar surface area (TPSA) is 29.1 Å². The van der Waals surface area contributed by atoms with E-state index in [1.165, 1.54) is 16.7 Å². The predicted molar refractivity (Wildman–Crippen MR) is 65.8 cm³/mol. The van der Waals surface area contributed by atoms with Crippen LogP contribution >= 0.6 is 0 Å². The molecule has 0 radical (unpaired) electrons. The Balaban J connectivity index is 2.24. The van der Waals surface area contributed by atoms with Crippen molar-refractivity contribution in [2.24, 2.45) is 5.92 Å². The van der Waals surface area contributed by atoms with Crippen LogP contribution in [0.25, 0.3) is 6.08 Å². The Morgan fingerprint density at radius 2 is 2.00 bits per heavy atom. The molecule has 0 bridgehead atoms. The van der Waals surface area contributed by atoms with Gasteiger partial charge >= 0.3 is 0 Å². The Hall–Kier alpha value is -1.57. The van der Waals surface area contributed by atoms with E-state index < -0.39 is 0 Å². The van der Waals surface area contributed by atoms with Gasteiger partial charge < -0.3 is 5.32 Å². The van der Waals surface area contributed by atoms with E-state index in [0.29, 0.717) is 0 Å². The molecule has 1 amide bonds. The maximum atomic E-state index is 11.7. The van der Waals surface area contributed by atoms with E-state index in [1.54, 1.807) is 0 Å². The summed E-state index contributed by atoms with van der Waals surface area (Å²) in [6.45, 7) is 5.88. The Bertz CT molecular complexity index is 446. The lowest BCUT2D eigenvalue weighted by atomic mass is 10.0. The lowest BCUT2D eigenvalue weighted by Gasteiger charge is -2.18. The molecule has 2 heteroatoms. The van der Waals surface area contributed by atoms with Crippen LogP contribution in [0.2, 0.25) is 0 Å². The molecule has 2 rings (SSSR count). The highest BCUT2D eigenvalue weighted by molar-refractivity contribution is 5.80. The lowest BCUT2D eigenvalue weighted by molar-refractivity contribution is -0.124. The fourth-order valence-corrected chi connectivity index (χ4v) is 1.98. The van der Waals surface area contributed by atoms with Crippen LogP contribution in [0.15, 0.2) is 29.8 Å². The van der Waals surface area contributed by atoms with Gasteiger partial charge in [0.1, 0.15) is 0 Å². The van der Waals surface area contributed by atoms with Crippen molar-refractivity contribution >= 4 is 12.0 Å². The van der Waals surface area contributed by atoms with E-state index in [4.69, 9.17) is 0 Å². The molecule has 16 heavy (non-hydrogen) atoms. The predicted octanol–water partition coefficient (Wildman–Crippen LogP) is 2.92. The second kappa shape index (κ2) is 4.12. The van der Waals surface area contributed by atoms with Gasteiger partial charge in [-0.15, -0.1) is 0 Å². The summed E-state index contributed by atoms with van der Waals surface area (Å²) in [5.41, 5.74) is 3.62. The van der Waals surface area contributed by atoms with Gasteiger partial charge in [-0.3, -0.25) is 4.79 Å². The number of carbonyl (C=O) groups excluding carboxylic acids is 1. The van der Waals surface area contributed by atoms with Crippen molar-refractivity contribution in [3.05, 3.63) is 41.0 Å². The first kappa shape index (κ1) is 10.9. The molecule has 1 aliphatic rings. The van der Waals surface area contributed by atoms with Crippen LogP contribution < -0.4 is 5.32 Å². The summed E-state index contributed by atoms with van der Waals surface area (Å²) in [7, 11) is 0. The van der Waals surface area contributed by atoms with Crippen LogP contribution in [0.4, 0.5) is 0 Å². The van der Waals surface area contributed by atoms with Gasteiger partial charge in [0.05, 0.1) is 6.04 Å². The largest absolute Gasteiger partial charge is 0.345 e. The van der Waals surface area contributed by atoms with Crippen molar-refractivity contribution in [2.75, 3.05) is 0 Å². The first-order valence-corrected chi connectivity index (χ1v) is 5.67. The Labute approximate surface area is 96.4 Å². The monoisotopic (exact) mass is 215 g/mol. The number of carbonyl (C=O) groups is 1. The summed E-state index contributed by atoms with van der Waals surface area (Å²) in [6.07, 6.45) is 2.14. The zero-order chi connectivity index (χ0) is 11.7. The minimum atomic E-state index is 0.0283. The Morgan fingerprint density at radius 3 is 2.69 bits per heavy atom. The highest BCUT2D eigenvalue weighted by Gasteiger charge is 2.24. The summed E-state index contributed by atoms with van der Waals surface area (Å²) in [4.78, 5) is 11.7. The van der Waals surface area contributed by atoms with Crippen LogP contribution in [-0.4, -0.2) is 5.91 Å². The first-order valence-electron chi connectivity index (χ1n) is 5.67. The number of fused-ring (bicyclic) bond motifs is 1. The van der Waals surface area contributed by atoms with Crippen LogP contribution in [0, 0.1) is 5.92 Å². The molecule has 0 aliphatic heterocycles. The SMILES string of the molecule is CC1=Cc2ccccc2C1NC(=O)C(C)C. The molecule has 0 saturated heterocycles. The molecule has 2 nitrogen and oxygen atoms in total. The number of rotatable bonds is 2. The zero-order valence-electron chi connectivity index (χ0n) is 9.95. The van der Waals surface area contributed by atoms with Crippen LogP contribution in [0.5, 0.6) is 0 Å². The summed E-state index contributed by atoms with van der Waals surface area (Å²) in [6, 6.07) is 8.26. The average molecular weight is 215 g/mol. The summed E-state index contributed by atoms with van der Waals surface area (Å²) < 4.78 is 0. The normalized spacial score (nSPS) is 18.2. The van der Waals surface area contributed by atoms with Crippen molar-refractivity contribution < 1.29 is 4.79 Å². The third-order valence-corrected chi connectivity index (χ3v) is 2.96. The molecule has 0 fully saturated rings. The minimum Gasteiger partial charge on any atom is -0.345 e. The molecule has 84 valence electrons. The lowest BCUT2D eigenvalue weighted by Crippen LogP contribution is -2.31. The molecule has 1 aliphatic carbocycles. The molecule has 0 heterocycles. The van der Waals surface area contributed by atoms with Crippen molar-refractivity contribution in [1.29, 1.82) is 0 Å². The van der Waals surface area contributed by atoms with E-state index in [-0.39, 0.29) is 17.9 Å². The molecule has 1 atom stereocenters. The highest BCUT2D eigenvalue weighted by Crippen LogP contribution is 2.33. The molecule has 0 saturated carbocycles. The smallest absolute Gasteiger partial charge is 0.223 e. The quantitative estimate of drug-likeness (QED) is 0.807. The van der Waals surface area contributed by atoms with Gasteiger partial charge in [-0.05, 0) is 23.6 Å². The van der Waals surface area contributed by atoms with Gasteiger partial charge in [0, 0.05) is 5.92 Å². The van der Waals surface area contributed by atoms with Gasteiger partial charge in [0.15, 0.2) is 0 Å². The van der Waals surface area contributed by atoms with E-state index in [2.05, 4.69) is 30.4 Å². The summed E-state index contributed by atoms with van der Waals surface area (Å²) >= 11 is 0. The third-order valence-electron chi connectivity index (χ3n) is 2.96. The Kier molecular flexibility index (Phi) is 2.82. The fourth-order valence-electron chi connectivity index (χ4n) is 1.98. The molecular weight excluding hydrogens is 198 g/mol. The van der Waals surface area contributed by atoms with Crippen LogP contribution in [0.3, 0.4) is 0 Å². The number of nitrogens with one attached hydrogen (secondary N) is 1. The van der Waals surface area contributed by atoms with E-state index in [0.717, 1.165) is 0 Å².